The first kappa shape index (κ1) is 19.2. The van der Waals surface area contributed by atoms with E-state index in [0.717, 1.165) is 0 Å². The Morgan fingerprint density at radius 1 is 1.07 bits per heavy atom. The zero-order valence-corrected chi connectivity index (χ0v) is 15.5. The number of nitrogens with zero attached hydrogens (tertiary/aromatic N) is 4. The third kappa shape index (κ3) is 4.79. The van der Waals surface area contributed by atoms with Crippen molar-refractivity contribution in [1.82, 2.24) is 14.6 Å². The monoisotopic (exact) mass is 391 g/mol. The number of nitrogens with one attached hydrogen (secondary N) is 1. The van der Waals surface area contributed by atoms with E-state index >= 15 is 0 Å². The van der Waals surface area contributed by atoms with Crippen LogP contribution in [0.15, 0.2) is 53.6 Å². The number of aromatic nitrogens is 1. The lowest BCUT2D eigenvalue weighted by Crippen LogP contribution is -2.48. The second kappa shape index (κ2) is 8.42. The average Bonchev–Trinajstić information content (AvgIpc) is 2.69. The highest BCUT2D eigenvalue weighted by Crippen LogP contribution is 2.25. The fourth-order valence-corrected chi connectivity index (χ4v) is 4.02. The number of sulfonamides is 1. The first-order chi connectivity index (χ1) is 13.0. The highest BCUT2D eigenvalue weighted by Gasteiger charge is 2.24. The lowest BCUT2D eigenvalue weighted by molar-refractivity contribution is -0.384. The van der Waals surface area contributed by atoms with E-state index in [1.807, 2.05) is 4.90 Å². The van der Waals surface area contributed by atoms with Crippen LogP contribution in [-0.4, -0.2) is 62.5 Å². The van der Waals surface area contributed by atoms with Crippen molar-refractivity contribution in [3.8, 4) is 0 Å². The molecule has 0 amide bonds. The minimum absolute atomic E-state index is 0.00145. The van der Waals surface area contributed by atoms with Crippen molar-refractivity contribution < 1.29 is 13.3 Å². The molecule has 1 N–H and O–H groups in total. The number of rotatable bonds is 7. The van der Waals surface area contributed by atoms with E-state index < -0.39 is 14.9 Å². The molecule has 0 saturated carbocycles. The van der Waals surface area contributed by atoms with Crippen LogP contribution in [-0.2, 0) is 10.0 Å². The van der Waals surface area contributed by atoms with Gasteiger partial charge in [0.25, 0.3) is 0 Å². The minimum atomic E-state index is -3.50. The van der Waals surface area contributed by atoms with Crippen LogP contribution in [0.25, 0.3) is 0 Å². The quantitative estimate of drug-likeness (QED) is 0.556. The van der Waals surface area contributed by atoms with Crippen molar-refractivity contribution in [3.63, 3.8) is 0 Å². The number of hydrogen-bond acceptors (Lipinski definition) is 7. The van der Waals surface area contributed by atoms with Crippen LogP contribution in [0.3, 0.4) is 0 Å². The fourth-order valence-electron chi connectivity index (χ4n) is 2.98. The molecule has 1 aromatic heterocycles. The van der Waals surface area contributed by atoms with E-state index in [9.17, 15) is 18.5 Å². The van der Waals surface area contributed by atoms with Crippen LogP contribution in [0.4, 0.5) is 11.5 Å². The Hall–Kier alpha value is -2.56. The Morgan fingerprint density at radius 2 is 1.78 bits per heavy atom. The molecular weight excluding hydrogens is 370 g/mol. The summed E-state index contributed by atoms with van der Waals surface area (Å²) < 4.78 is 27.0. The van der Waals surface area contributed by atoms with Crippen molar-refractivity contribution in [3.05, 3.63) is 58.8 Å². The molecule has 27 heavy (non-hydrogen) atoms. The third-order valence-electron chi connectivity index (χ3n) is 4.41. The highest BCUT2D eigenvalue weighted by atomic mass is 32.2. The molecule has 1 fully saturated rings. The van der Waals surface area contributed by atoms with Crippen LogP contribution >= 0.6 is 0 Å². The topological polar surface area (TPSA) is 109 Å². The van der Waals surface area contributed by atoms with Gasteiger partial charge < -0.3 is 4.90 Å². The van der Waals surface area contributed by atoms with Crippen molar-refractivity contribution >= 4 is 21.5 Å². The average molecular weight is 391 g/mol. The van der Waals surface area contributed by atoms with E-state index in [-0.39, 0.29) is 10.6 Å². The summed E-state index contributed by atoms with van der Waals surface area (Å²) in [7, 11) is -3.50. The number of anilines is 1. The molecule has 0 aliphatic carbocycles. The molecule has 9 nitrogen and oxygen atoms in total. The maximum Gasteiger partial charge on any atom is 0.311 e. The van der Waals surface area contributed by atoms with E-state index in [0.29, 0.717) is 45.1 Å². The second-order valence-corrected chi connectivity index (χ2v) is 7.91. The van der Waals surface area contributed by atoms with Crippen LogP contribution in [0.5, 0.6) is 0 Å². The van der Waals surface area contributed by atoms with Crippen molar-refractivity contribution in [2.75, 3.05) is 44.2 Å². The lowest BCUT2D eigenvalue weighted by Gasteiger charge is -2.35. The molecule has 2 aromatic rings. The highest BCUT2D eigenvalue weighted by molar-refractivity contribution is 7.89. The molecular formula is C17H21N5O4S. The van der Waals surface area contributed by atoms with Gasteiger partial charge >= 0.3 is 5.69 Å². The van der Waals surface area contributed by atoms with E-state index in [1.54, 1.807) is 42.6 Å². The summed E-state index contributed by atoms with van der Waals surface area (Å²) in [5, 5.41) is 11.1. The first-order valence-electron chi connectivity index (χ1n) is 8.59. The normalized spacial score (nSPS) is 15.6. The molecule has 2 heterocycles. The zero-order valence-electron chi connectivity index (χ0n) is 14.7. The molecule has 1 aromatic carbocycles. The van der Waals surface area contributed by atoms with E-state index in [2.05, 4.69) is 14.6 Å². The number of piperazine rings is 1. The van der Waals surface area contributed by atoms with Gasteiger partial charge in [0.2, 0.25) is 15.8 Å². The van der Waals surface area contributed by atoms with Crippen LogP contribution in [0.2, 0.25) is 0 Å². The molecule has 1 aliphatic heterocycles. The van der Waals surface area contributed by atoms with Crippen LogP contribution in [0, 0.1) is 10.1 Å². The van der Waals surface area contributed by atoms with Gasteiger partial charge in [-0.25, -0.2) is 18.1 Å². The Morgan fingerprint density at radius 3 is 2.44 bits per heavy atom. The number of pyridine rings is 1. The fraction of sp³-hybridized carbons (Fsp3) is 0.353. The number of benzene rings is 1. The summed E-state index contributed by atoms with van der Waals surface area (Å²) in [5.74, 6) is 0.381. The van der Waals surface area contributed by atoms with Gasteiger partial charge in [0.15, 0.2) is 0 Å². The molecule has 1 aliphatic rings. The molecule has 144 valence electrons. The number of nitro groups is 1. The zero-order chi connectivity index (χ0) is 19.3. The molecule has 0 radical (unpaired) electrons. The van der Waals surface area contributed by atoms with Gasteiger partial charge in [-0.3, -0.25) is 15.0 Å². The molecule has 3 rings (SSSR count). The largest absolute Gasteiger partial charge is 0.348 e. The smallest absolute Gasteiger partial charge is 0.311 e. The number of hydrogen-bond donors (Lipinski definition) is 1. The van der Waals surface area contributed by atoms with Gasteiger partial charge in [-0.05, 0) is 18.2 Å². The van der Waals surface area contributed by atoms with Crippen LogP contribution in [0.1, 0.15) is 0 Å². The second-order valence-electron chi connectivity index (χ2n) is 6.14. The maximum atomic E-state index is 12.2. The molecule has 0 spiro atoms. The summed E-state index contributed by atoms with van der Waals surface area (Å²) in [6.07, 6.45) is 1.55. The minimum Gasteiger partial charge on any atom is -0.348 e. The van der Waals surface area contributed by atoms with Gasteiger partial charge in [0.1, 0.15) is 0 Å². The van der Waals surface area contributed by atoms with E-state index in [4.69, 9.17) is 0 Å². The molecule has 0 bridgehead atoms. The van der Waals surface area contributed by atoms with Gasteiger partial charge in [0.05, 0.1) is 9.82 Å². The predicted octanol–water partition coefficient (Wildman–Crippen LogP) is 1.09. The summed E-state index contributed by atoms with van der Waals surface area (Å²) >= 11 is 0. The Balaban J connectivity index is 1.50. The van der Waals surface area contributed by atoms with Gasteiger partial charge in [-0.15, -0.1) is 0 Å². The Labute approximate surface area is 157 Å². The third-order valence-corrected chi connectivity index (χ3v) is 5.89. The Kier molecular flexibility index (Phi) is 5.99. The first-order valence-corrected chi connectivity index (χ1v) is 10.1. The molecule has 1 saturated heterocycles. The Bertz CT molecular complexity index is 883. The summed E-state index contributed by atoms with van der Waals surface area (Å²) in [6.45, 7) is 3.44. The van der Waals surface area contributed by atoms with Crippen molar-refractivity contribution in [1.29, 1.82) is 0 Å². The summed E-state index contributed by atoms with van der Waals surface area (Å²) in [6, 6.07) is 11.3. The molecule has 0 unspecified atom stereocenters. The van der Waals surface area contributed by atoms with Crippen LogP contribution < -0.4 is 9.62 Å². The van der Waals surface area contributed by atoms with Gasteiger partial charge in [-0.1, -0.05) is 18.2 Å². The van der Waals surface area contributed by atoms with Crippen molar-refractivity contribution in [2.45, 2.75) is 4.90 Å². The van der Waals surface area contributed by atoms with Gasteiger partial charge in [0, 0.05) is 51.5 Å². The van der Waals surface area contributed by atoms with Gasteiger partial charge in [-0.2, -0.15) is 0 Å². The van der Waals surface area contributed by atoms with Crippen molar-refractivity contribution in [2.24, 2.45) is 0 Å². The standard InChI is InChI=1S/C17H21N5O4S/c23-22(24)16-7-4-8-18-17(16)21-13-11-20(12-14-21)10-9-19-27(25,26)15-5-2-1-3-6-15/h1-8,19H,9-14H2. The molecule has 10 heteroatoms. The maximum absolute atomic E-state index is 12.2. The SMILES string of the molecule is O=[N+]([O-])c1cccnc1N1CCN(CCNS(=O)(=O)c2ccccc2)CC1. The summed E-state index contributed by atoms with van der Waals surface area (Å²) in [5.41, 5.74) is 0.00145. The lowest BCUT2D eigenvalue weighted by atomic mass is 10.3. The summed E-state index contributed by atoms with van der Waals surface area (Å²) in [4.78, 5) is 19.1. The van der Waals surface area contributed by atoms with E-state index in [1.165, 1.54) is 6.07 Å². The molecule has 0 atom stereocenters. The predicted molar refractivity (Wildman–Crippen MR) is 101 cm³/mol.